The van der Waals surface area contributed by atoms with E-state index in [1.165, 1.54) is 12.1 Å². The SMILES string of the molecule is Nc1ccsc1C(=O)OCc1ccc(C(F)(F)F)cc1. The lowest BCUT2D eigenvalue weighted by molar-refractivity contribution is -0.137. The van der Waals surface area contributed by atoms with E-state index in [2.05, 4.69) is 0 Å². The molecule has 0 aliphatic heterocycles. The predicted molar refractivity (Wildman–Crippen MR) is 69.3 cm³/mol. The molecule has 7 heteroatoms. The first-order valence-electron chi connectivity index (χ1n) is 5.54. The van der Waals surface area contributed by atoms with Gasteiger partial charge in [0.15, 0.2) is 0 Å². The van der Waals surface area contributed by atoms with Gasteiger partial charge in [0, 0.05) is 0 Å². The number of benzene rings is 1. The van der Waals surface area contributed by atoms with Crippen LogP contribution in [0.4, 0.5) is 18.9 Å². The van der Waals surface area contributed by atoms with Gasteiger partial charge in [0.1, 0.15) is 11.5 Å². The van der Waals surface area contributed by atoms with Gasteiger partial charge in [-0.25, -0.2) is 4.79 Å². The summed E-state index contributed by atoms with van der Waals surface area (Å²) in [6.07, 6.45) is -4.37. The molecule has 3 nitrogen and oxygen atoms in total. The summed E-state index contributed by atoms with van der Waals surface area (Å²) in [5.74, 6) is -0.586. The quantitative estimate of drug-likeness (QED) is 0.879. The Hall–Kier alpha value is -2.02. The molecule has 0 aliphatic carbocycles. The van der Waals surface area contributed by atoms with E-state index in [0.29, 0.717) is 11.3 Å². The van der Waals surface area contributed by atoms with E-state index >= 15 is 0 Å². The Morgan fingerprint density at radius 3 is 2.35 bits per heavy atom. The summed E-state index contributed by atoms with van der Waals surface area (Å²) in [5, 5.41) is 1.66. The smallest absolute Gasteiger partial charge is 0.416 e. The molecule has 2 rings (SSSR count). The highest BCUT2D eigenvalue weighted by molar-refractivity contribution is 7.12. The molecule has 0 fully saturated rings. The number of rotatable bonds is 3. The Morgan fingerprint density at radius 1 is 1.20 bits per heavy atom. The van der Waals surface area contributed by atoms with Crippen LogP contribution in [0.25, 0.3) is 0 Å². The van der Waals surface area contributed by atoms with Gasteiger partial charge in [-0.2, -0.15) is 13.2 Å². The zero-order chi connectivity index (χ0) is 14.8. The maximum absolute atomic E-state index is 12.4. The van der Waals surface area contributed by atoms with Crippen LogP contribution in [-0.2, 0) is 17.5 Å². The molecule has 0 radical (unpaired) electrons. The van der Waals surface area contributed by atoms with E-state index in [1.807, 2.05) is 0 Å². The molecule has 0 atom stereocenters. The number of carbonyl (C=O) groups excluding carboxylic acids is 1. The molecular formula is C13H10F3NO2S. The van der Waals surface area contributed by atoms with E-state index in [0.717, 1.165) is 23.5 Å². The molecule has 2 aromatic rings. The fraction of sp³-hybridized carbons (Fsp3) is 0.154. The number of nitrogen functional groups attached to an aromatic ring is 1. The molecule has 0 spiro atoms. The molecule has 0 saturated heterocycles. The van der Waals surface area contributed by atoms with Crippen molar-refractivity contribution < 1.29 is 22.7 Å². The lowest BCUT2D eigenvalue weighted by atomic mass is 10.1. The number of anilines is 1. The molecule has 106 valence electrons. The summed E-state index contributed by atoms with van der Waals surface area (Å²) in [4.78, 5) is 11.9. The van der Waals surface area contributed by atoms with Gasteiger partial charge in [-0.05, 0) is 29.1 Å². The lowest BCUT2D eigenvalue weighted by Crippen LogP contribution is -2.07. The minimum atomic E-state index is -4.37. The number of carbonyl (C=O) groups is 1. The second-order valence-corrected chi connectivity index (χ2v) is 4.89. The minimum Gasteiger partial charge on any atom is -0.457 e. The number of alkyl halides is 3. The summed E-state index contributed by atoms with van der Waals surface area (Å²) < 4.78 is 42.1. The molecule has 1 heterocycles. The highest BCUT2D eigenvalue weighted by atomic mass is 32.1. The maximum atomic E-state index is 12.4. The first-order valence-corrected chi connectivity index (χ1v) is 6.42. The van der Waals surface area contributed by atoms with Crippen LogP contribution < -0.4 is 5.73 Å². The second-order valence-electron chi connectivity index (χ2n) is 3.98. The van der Waals surface area contributed by atoms with Crippen LogP contribution in [-0.4, -0.2) is 5.97 Å². The zero-order valence-electron chi connectivity index (χ0n) is 10.1. The van der Waals surface area contributed by atoms with Crippen molar-refractivity contribution in [3.8, 4) is 0 Å². The van der Waals surface area contributed by atoms with Crippen molar-refractivity contribution in [2.75, 3.05) is 5.73 Å². The standard InChI is InChI=1S/C13H10F3NO2S/c14-13(15,16)9-3-1-8(2-4-9)7-19-12(18)11-10(17)5-6-20-11/h1-6H,7,17H2. The van der Waals surface area contributed by atoms with Crippen LogP contribution in [0.5, 0.6) is 0 Å². The normalized spacial score (nSPS) is 11.3. The van der Waals surface area contributed by atoms with Crippen LogP contribution in [0.3, 0.4) is 0 Å². The van der Waals surface area contributed by atoms with Gasteiger partial charge in [0.2, 0.25) is 0 Å². The van der Waals surface area contributed by atoms with Crippen molar-refractivity contribution in [3.05, 3.63) is 51.7 Å². The van der Waals surface area contributed by atoms with Crippen LogP contribution in [0.2, 0.25) is 0 Å². The highest BCUT2D eigenvalue weighted by Gasteiger charge is 2.29. The Labute approximate surface area is 116 Å². The number of esters is 1. The molecule has 2 N–H and O–H groups in total. The van der Waals surface area contributed by atoms with Crippen molar-refractivity contribution >= 4 is 23.0 Å². The second kappa shape index (κ2) is 5.54. The van der Waals surface area contributed by atoms with Gasteiger partial charge in [0.05, 0.1) is 11.3 Å². The molecule has 0 amide bonds. The van der Waals surface area contributed by atoms with E-state index in [4.69, 9.17) is 10.5 Å². The van der Waals surface area contributed by atoms with Crippen molar-refractivity contribution in [3.63, 3.8) is 0 Å². The van der Waals surface area contributed by atoms with Gasteiger partial charge >= 0.3 is 12.1 Å². The minimum absolute atomic E-state index is 0.103. The van der Waals surface area contributed by atoms with Crippen molar-refractivity contribution in [2.24, 2.45) is 0 Å². The number of hydrogen-bond acceptors (Lipinski definition) is 4. The summed E-state index contributed by atoms with van der Waals surface area (Å²) in [6.45, 7) is -0.103. The molecule has 0 unspecified atom stereocenters. The molecule has 1 aromatic heterocycles. The van der Waals surface area contributed by atoms with E-state index < -0.39 is 17.7 Å². The van der Waals surface area contributed by atoms with Crippen molar-refractivity contribution in [1.29, 1.82) is 0 Å². The number of ether oxygens (including phenoxy) is 1. The third-order valence-electron chi connectivity index (χ3n) is 2.53. The molecule has 20 heavy (non-hydrogen) atoms. The number of nitrogens with two attached hydrogens (primary N) is 1. The van der Waals surface area contributed by atoms with Crippen molar-refractivity contribution in [1.82, 2.24) is 0 Å². The summed E-state index contributed by atoms with van der Waals surface area (Å²) in [7, 11) is 0. The van der Waals surface area contributed by atoms with Gasteiger partial charge < -0.3 is 10.5 Å². The summed E-state index contributed by atoms with van der Waals surface area (Å²) in [5.41, 5.74) is 5.62. The molecule has 0 bridgehead atoms. The number of thiophene rings is 1. The first kappa shape index (κ1) is 14.4. The summed E-state index contributed by atoms with van der Waals surface area (Å²) >= 11 is 1.15. The zero-order valence-corrected chi connectivity index (χ0v) is 10.9. The number of halogens is 3. The molecule has 1 aromatic carbocycles. The molecule has 0 aliphatic rings. The van der Waals surface area contributed by atoms with Crippen LogP contribution in [0.1, 0.15) is 20.8 Å². The fourth-order valence-electron chi connectivity index (χ4n) is 1.49. The fourth-order valence-corrected chi connectivity index (χ4v) is 2.20. The Morgan fingerprint density at radius 2 is 1.85 bits per heavy atom. The van der Waals surface area contributed by atoms with E-state index in [1.54, 1.807) is 11.4 Å². The van der Waals surface area contributed by atoms with Crippen LogP contribution >= 0.6 is 11.3 Å². The number of hydrogen-bond donors (Lipinski definition) is 1. The third-order valence-corrected chi connectivity index (χ3v) is 3.44. The molecular weight excluding hydrogens is 291 g/mol. The van der Waals surface area contributed by atoms with Crippen LogP contribution in [0.15, 0.2) is 35.7 Å². The average Bonchev–Trinajstić information content (AvgIpc) is 2.82. The monoisotopic (exact) mass is 301 g/mol. The first-order chi connectivity index (χ1) is 9.38. The Balaban J connectivity index is 1.98. The third kappa shape index (κ3) is 3.30. The van der Waals surface area contributed by atoms with Gasteiger partial charge in [-0.1, -0.05) is 12.1 Å². The largest absolute Gasteiger partial charge is 0.457 e. The predicted octanol–water partition coefficient (Wildman–Crippen LogP) is 3.71. The maximum Gasteiger partial charge on any atom is 0.416 e. The lowest BCUT2D eigenvalue weighted by Gasteiger charge is -2.08. The van der Waals surface area contributed by atoms with E-state index in [-0.39, 0.29) is 11.5 Å². The van der Waals surface area contributed by atoms with Gasteiger partial charge in [-0.3, -0.25) is 0 Å². The Bertz CT molecular complexity index is 605. The van der Waals surface area contributed by atoms with Crippen LogP contribution in [0, 0.1) is 0 Å². The van der Waals surface area contributed by atoms with Crippen molar-refractivity contribution in [2.45, 2.75) is 12.8 Å². The van der Waals surface area contributed by atoms with Gasteiger partial charge in [-0.15, -0.1) is 11.3 Å². The average molecular weight is 301 g/mol. The van der Waals surface area contributed by atoms with Gasteiger partial charge in [0.25, 0.3) is 0 Å². The molecule has 0 saturated carbocycles. The Kier molecular flexibility index (Phi) is 3.99. The topological polar surface area (TPSA) is 52.3 Å². The highest BCUT2D eigenvalue weighted by Crippen LogP contribution is 2.29. The summed E-state index contributed by atoms with van der Waals surface area (Å²) in [6, 6.07) is 6.02. The van der Waals surface area contributed by atoms with E-state index in [9.17, 15) is 18.0 Å².